The number of hydrogen-bond donors (Lipinski definition) is 2. The van der Waals surface area contributed by atoms with Crippen LogP contribution >= 0.6 is 0 Å². The third-order valence-electron chi connectivity index (χ3n) is 2.34. The predicted molar refractivity (Wildman–Crippen MR) is 70.5 cm³/mol. The lowest BCUT2D eigenvalue weighted by Gasteiger charge is -2.14. The average molecular weight is 251 g/mol. The highest BCUT2D eigenvalue weighted by atomic mass is 16.5. The third-order valence-corrected chi connectivity index (χ3v) is 2.34. The van der Waals surface area contributed by atoms with Crippen LogP contribution in [0.15, 0.2) is 24.5 Å². The maximum atomic E-state index is 11.7. The van der Waals surface area contributed by atoms with Gasteiger partial charge in [0.05, 0.1) is 6.20 Å². The van der Waals surface area contributed by atoms with Gasteiger partial charge in [-0.05, 0) is 32.0 Å². The zero-order chi connectivity index (χ0) is 13.2. The van der Waals surface area contributed by atoms with Crippen molar-refractivity contribution in [2.45, 2.75) is 26.4 Å². The standard InChI is InChI=1S/C13H21N3O2/c1-3-6-14-8-9-16-13(17)11(2)18-12-5-4-7-15-10-12/h4-5,7,10-11,14H,3,6,8-9H2,1-2H3,(H,16,17). The van der Waals surface area contributed by atoms with E-state index in [0.717, 1.165) is 19.5 Å². The molecule has 0 aromatic carbocycles. The summed E-state index contributed by atoms with van der Waals surface area (Å²) in [4.78, 5) is 15.6. The smallest absolute Gasteiger partial charge is 0.260 e. The first-order valence-corrected chi connectivity index (χ1v) is 6.29. The fraction of sp³-hybridized carbons (Fsp3) is 0.538. The summed E-state index contributed by atoms with van der Waals surface area (Å²) in [5.74, 6) is 0.487. The van der Waals surface area contributed by atoms with Gasteiger partial charge in [0.1, 0.15) is 5.75 Å². The van der Waals surface area contributed by atoms with Gasteiger partial charge in [0.2, 0.25) is 0 Å². The van der Waals surface area contributed by atoms with E-state index in [1.807, 2.05) is 0 Å². The van der Waals surface area contributed by atoms with E-state index in [4.69, 9.17) is 4.74 Å². The van der Waals surface area contributed by atoms with Crippen molar-refractivity contribution in [2.75, 3.05) is 19.6 Å². The van der Waals surface area contributed by atoms with E-state index in [2.05, 4.69) is 22.5 Å². The van der Waals surface area contributed by atoms with Crippen LogP contribution in [0.3, 0.4) is 0 Å². The molecule has 1 unspecified atom stereocenters. The van der Waals surface area contributed by atoms with E-state index in [9.17, 15) is 4.79 Å². The topological polar surface area (TPSA) is 63.2 Å². The van der Waals surface area contributed by atoms with E-state index < -0.39 is 6.10 Å². The van der Waals surface area contributed by atoms with Crippen LogP contribution in [0.1, 0.15) is 20.3 Å². The van der Waals surface area contributed by atoms with Crippen molar-refractivity contribution in [3.8, 4) is 5.75 Å². The Labute approximate surface area is 108 Å². The number of carbonyl (C=O) groups excluding carboxylic acids is 1. The molecule has 1 aromatic rings. The molecule has 1 atom stereocenters. The van der Waals surface area contributed by atoms with Gasteiger partial charge in [-0.3, -0.25) is 9.78 Å². The number of aromatic nitrogens is 1. The molecule has 1 aromatic heterocycles. The van der Waals surface area contributed by atoms with Gasteiger partial charge in [0.15, 0.2) is 6.10 Å². The SMILES string of the molecule is CCCNCCNC(=O)C(C)Oc1cccnc1. The minimum atomic E-state index is -0.514. The lowest BCUT2D eigenvalue weighted by atomic mass is 10.3. The number of nitrogens with zero attached hydrogens (tertiary/aromatic N) is 1. The van der Waals surface area contributed by atoms with E-state index in [1.54, 1.807) is 31.5 Å². The van der Waals surface area contributed by atoms with Gasteiger partial charge in [0.25, 0.3) is 5.91 Å². The van der Waals surface area contributed by atoms with Crippen LogP contribution in [-0.4, -0.2) is 36.6 Å². The molecular formula is C13H21N3O2. The number of hydrogen-bond acceptors (Lipinski definition) is 4. The minimum Gasteiger partial charge on any atom is -0.479 e. The first-order chi connectivity index (χ1) is 8.74. The zero-order valence-corrected chi connectivity index (χ0v) is 11.0. The number of nitrogens with one attached hydrogen (secondary N) is 2. The zero-order valence-electron chi connectivity index (χ0n) is 11.0. The fourth-order valence-electron chi connectivity index (χ4n) is 1.39. The second-order valence-electron chi connectivity index (χ2n) is 3.99. The summed E-state index contributed by atoms with van der Waals surface area (Å²) in [5.41, 5.74) is 0. The van der Waals surface area contributed by atoms with Gasteiger partial charge in [-0.15, -0.1) is 0 Å². The molecule has 100 valence electrons. The first-order valence-electron chi connectivity index (χ1n) is 6.29. The first kappa shape index (κ1) is 14.4. The van der Waals surface area contributed by atoms with E-state index in [1.165, 1.54) is 0 Å². The monoisotopic (exact) mass is 251 g/mol. The molecule has 1 heterocycles. The molecule has 0 spiro atoms. The average Bonchev–Trinajstić information content (AvgIpc) is 2.39. The summed E-state index contributed by atoms with van der Waals surface area (Å²) in [6.07, 6.45) is 3.83. The molecule has 1 amide bonds. The van der Waals surface area contributed by atoms with Gasteiger partial charge < -0.3 is 15.4 Å². The molecule has 0 saturated carbocycles. The molecule has 0 aliphatic carbocycles. The molecule has 0 fully saturated rings. The third kappa shape index (κ3) is 5.63. The van der Waals surface area contributed by atoms with Crippen molar-refractivity contribution >= 4 is 5.91 Å². The molecule has 2 N–H and O–H groups in total. The van der Waals surface area contributed by atoms with Crippen LogP contribution in [0.5, 0.6) is 5.75 Å². The maximum Gasteiger partial charge on any atom is 0.260 e. The Hall–Kier alpha value is -1.62. The molecule has 5 heteroatoms. The summed E-state index contributed by atoms with van der Waals surface area (Å²) in [6, 6.07) is 3.55. The van der Waals surface area contributed by atoms with Gasteiger partial charge in [-0.2, -0.15) is 0 Å². The van der Waals surface area contributed by atoms with Gasteiger partial charge in [0, 0.05) is 19.3 Å². The molecule has 18 heavy (non-hydrogen) atoms. The van der Waals surface area contributed by atoms with Crippen LogP contribution in [0.25, 0.3) is 0 Å². The van der Waals surface area contributed by atoms with Crippen molar-refractivity contribution in [3.63, 3.8) is 0 Å². The van der Waals surface area contributed by atoms with E-state index in [-0.39, 0.29) is 5.91 Å². The van der Waals surface area contributed by atoms with Crippen LogP contribution in [0, 0.1) is 0 Å². The predicted octanol–water partition coefficient (Wildman–Crippen LogP) is 0.965. The van der Waals surface area contributed by atoms with Crippen molar-refractivity contribution in [1.82, 2.24) is 15.6 Å². The lowest BCUT2D eigenvalue weighted by Crippen LogP contribution is -2.39. The van der Waals surface area contributed by atoms with Crippen molar-refractivity contribution < 1.29 is 9.53 Å². The Balaban J connectivity index is 2.21. The van der Waals surface area contributed by atoms with E-state index >= 15 is 0 Å². The second kappa shape index (κ2) is 8.47. The Morgan fingerprint density at radius 1 is 1.44 bits per heavy atom. The van der Waals surface area contributed by atoms with Crippen molar-refractivity contribution in [2.24, 2.45) is 0 Å². The number of amides is 1. The normalized spacial score (nSPS) is 11.9. The van der Waals surface area contributed by atoms with Gasteiger partial charge >= 0.3 is 0 Å². The number of ether oxygens (including phenoxy) is 1. The number of pyridine rings is 1. The van der Waals surface area contributed by atoms with Gasteiger partial charge in [-0.1, -0.05) is 6.92 Å². The minimum absolute atomic E-state index is 0.114. The van der Waals surface area contributed by atoms with Crippen molar-refractivity contribution in [3.05, 3.63) is 24.5 Å². The van der Waals surface area contributed by atoms with Crippen LogP contribution in [-0.2, 0) is 4.79 Å². The summed E-state index contributed by atoms with van der Waals surface area (Å²) >= 11 is 0. The highest BCUT2D eigenvalue weighted by Gasteiger charge is 2.13. The molecule has 0 radical (unpaired) electrons. The van der Waals surface area contributed by atoms with Gasteiger partial charge in [-0.25, -0.2) is 0 Å². The quantitative estimate of drug-likeness (QED) is 0.676. The van der Waals surface area contributed by atoms with Crippen LogP contribution in [0.2, 0.25) is 0 Å². The summed E-state index contributed by atoms with van der Waals surface area (Å²) in [5, 5.41) is 6.03. The molecule has 0 bridgehead atoms. The highest BCUT2D eigenvalue weighted by Crippen LogP contribution is 2.08. The number of carbonyl (C=O) groups is 1. The Bertz CT molecular complexity index is 343. The van der Waals surface area contributed by atoms with Crippen LogP contribution in [0.4, 0.5) is 0 Å². The van der Waals surface area contributed by atoms with E-state index in [0.29, 0.717) is 12.3 Å². The molecule has 0 aliphatic heterocycles. The molecule has 1 rings (SSSR count). The summed E-state index contributed by atoms with van der Waals surface area (Å²) < 4.78 is 5.46. The fourth-order valence-corrected chi connectivity index (χ4v) is 1.39. The summed E-state index contributed by atoms with van der Waals surface area (Å²) in [7, 11) is 0. The number of rotatable bonds is 8. The molecule has 0 aliphatic rings. The Kier molecular flexibility index (Phi) is 6.79. The van der Waals surface area contributed by atoms with Crippen LogP contribution < -0.4 is 15.4 Å². The van der Waals surface area contributed by atoms with Crippen molar-refractivity contribution in [1.29, 1.82) is 0 Å². The Morgan fingerprint density at radius 2 is 2.28 bits per heavy atom. The second-order valence-corrected chi connectivity index (χ2v) is 3.99. The Morgan fingerprint density at radius 3 is 2.94 bits per heavy atom. The summed E-state index contributed by atoms with van der Waals surface area (Å²) in [6.45, 7) is 6.19. The molecular weight excluding hydrogens is 230 g/mol. The lowest BCUT2D eigenvalue weighted by molar-refractivity contribution is -0.127. The molecule has 0 saturated heterocycles. The maximum absolute atomic E-state index is 11.7. The highest BCUT2D eigenvalue weighted by molar-refractivity contribution is 5.80. The largest absolute Gasteiger partial charge is 0.479 e. The molecule has 5 nitrogen and oxygen atoms in total.